The third-order valence-corrected chi connectivity index (χ3v) is 3.26. The van der Waals surface area contributed by atoms with Gasteiger partial charge in [0.15, 0.2) is 0 Å². The third-order valence-electron chi connectivity index (χ3n) is 2.80. The van der Waals surface area contributed by atoms with E-state index in [2.05, 4.69) is 21.2 Å². The summed E-state index contributed by atoms with van der Waals surface area (Å²) >= 11 is 3.13. The molecule has 2 rings (SSSR count). The molecule has 0 fully saturated rings. The van der Waals surface area contributed by atoms with Gasteiger partial charge in [0.1, 0.15) is 11.6 Å². The highest BCUT2D eigenvalue weighted by atomic mass is 79.9. The minimum Gasteiger partial charge on any atom is -0.348 e. The van der Waals surface area contributed by atoms with Crippen LogP contribution in [0.1, 0.15) is 21.5 Å². The van der Waals surface area contributed by atoms with Crippen LogP contribution in [0, 0.1) is 18.6 Å². The first-order chi connectivity index (χ1) is 9.45. The molecule has 0 aliphatic heterocycles. The second-order valence-corrected chi connectivity index (χ2v) is 5.34. The van der Waals surface area contributed by atoms with E-state index in [1.807, 2.05) is 0 Å². The molecule has 2 nitrogen and oxygen atoms in total. The number of nitrogens with one attached hydrogen (secondary N) is 1. The van der Waals surface area contributed by atoms with Crippen molar-refractivity contribution in [2.75, 3.05) is 0 Å². The molecule has 0 aliphatic carbocycles. The molecule has 0 bridgehead atoms. The van der Waals surface area contributed by atoms with Crippen molar-refractivity contribution in [2.24, 2.45) is 0 Å². The molecule has 2 aromatic rings. The van der Waals surface area contributed by atoms with Crippen molar-refractivity contribution in [2.45, 2.75) is 13.5 Å². The van der Waals surface area contributed by atoms with Crippen molar-refractivity contribution < 1.29 is 13.6 Å². The summed E-state index contributed by atoms with van der Waals surface area (Å²) in [6.07, 6.45) is 0. The third kappa shape index (κ3) is 3.63. The first-order valence-corrected chi connectivity index (χ1v) is 6.74. The number of hydrogen-bond donors (Lipinski definition) is 1. The second kappa shape index (κ2) is 6.13. The van der Waals surface area contributed by atoms with Crippen LogP contribution < -0.4 is 5.32 Å². The topological polar surface area (TPSA) is 29.1 Å². The molecule has 1 amide bonds. The van der Waals surface area contributed by atoms with Crippen LogP contribution in [0.4, 0.5) is 8.78 Å². The Morgan fingerprint density at radius 1 is 1.20 bits per heavy atom. The largest absolute Gasteiger partial charge is 0.348 e. The van der Waals surface area contributed by atoms with Crippen LogP contribution in [0.2, 0.25) is 0 Å². The average Bonchev–Trinajstić information content (AvgIpc) is 2.38. The summed E-state index contributed by atoms with van der Waals surface area (Å²) in [6, 6.07) is 8.60. The molecule has 0 atom stereocenters. The van der Waals surface area contributed by atoms with E-state index in [1.54, 1.807) is 19.1 Å². The summed E-state index contributed by atoms with van der Waals surface area (Å²) in [5.41, 5.74) is 1.54. The summed E-state index contributed by atoms with van der Waals surface area (Å²) in [4.78, 5) is 11.9. The number of rotatable bonds is 3. The van der Waals surface area contributed by atoms with E-state index in [-0.39, 0.29) is 23.8 Å². The predicted molar refractivity (Wildman–Crippen MR) is 76.4 cm³/mol. The molecule has 2 aromatic carbocycles. The van der Waals surface area contributed by atoms with Gasteiger partial charge >= 0.3 is 0 Å². The first kappa shape index (κ1) is 14.7. The SMILES string of the molecule is Cc1cc(CNC(=O)c2cc(F)cc(Br)c2)ccc1F. The van der Waals surface area contributed by atoms with Gasteiger partial charge in [0.2, 0.25) is 0 Å². The Kier molecular flexibility index (Phi) is 4.49. The molecule has 0 aromatic heterocycles. The lowest BCUT2D eigenvalue weighted by Crippen LogP contribution is -2.23. The van der Waals surface area contributed by atoms with Crippen molar-refractivity contribution in [3.8, 4) is 0 Å². The maximum absolute atomic E-state index is 13.2. The Hall–Kier alpha value is -1.75. The number of halogens is 3. The number of hydrogen-bond acceptors (Lipinski definition) is 1. The van der Waals surface area contributed by atoms with Gasteiger partial charge in [0.25, 0.3) is 5.91 Å². The van der Waals surface area contributed by atoms with Gasteiger partial charge in [-0.1, -0.05) is 28.1 Å². The summed E-state index contributed by atoms with van der Waals surface area (Å²) in [5.74, 6) is -1.15. The Morgan fingerprint density at radius 2 is 1.95 bits per heavy atom. The summed E-state index contributed by atoms with van der Waals surface area (Å²) < 4.78 is 26.8. The molecule has 104 valence electrons. The Morgan fingerprint density at radius 3 is 2.60 bits per heavy atom. The molecule has 0 saturated carbocycles. The zero-order valence-electron chi connectivity index (χ0n) is 10.7. The second-order valence-electron chi connectivity index (χ2n) is 4.42. The molecule has 0 unspecified atom stereocenters. The van der Waals surface area contributed by atoms with Crippen LogP contribution in [0.25, 0.3) is 0 Å². The molecule has 1 N–H and O–H groups in total. The maximum Gasteiger partial charge on any atom is 0.251 e. The molecule has 0 radical (unpaired) electrons. The van der Waals surface area contributed by atoms with E-state index in [4.69, 9.17) is 0 Å². The van der Waals surface area contributed by atoms with Crippen LogP contribution in [-0.4, -0.2) is 5.91 Å². The van der Waals surface area contributed by atoms with Crippen molar-refractivity contribution in [1.29, 1.82) is 0 Å². The average molecular weight is 340 g/mol. The number of carbonyl (C=O) groups is 1. The molecule has 0 saturated heterocycles. The highest BCUT2D eigenvalue weighted by molar-refractivity contribution is 9.10. The lowest BCUT2D eigenvalue weighted by atomic mass is 10.1. The van der Waals surface area contributed by atoms with E-state index in [1.165, 1.54) is 18.2 Å². The Balaban J connectivity index is 2.06. The van der Waals surface area contributed by atoms with Crippen LogP contribution in [-0.2, 0) is 6.54 Å². The number of carbonyl (C=O) groups excluding carboxylic acids is 1. The fraction of sp³-hybridized carbons (Fsp3) is 0.133. The maximum atomic E-state index is 13.2. The first-order valence-electron chi connectivity index (χ1n) is 5.95. The fourth-order valence-corrected chi connectivity index (χ4v) is 2.25. The van der Waals surface area contributed by atoms with Crippen molar-refractivity contribution in [3.63, 3.8) is 0 Å². The van der Waals surface area contributed by atoms with Crippen LogP contribution in [0.15, 0.2) is 40.9 Å². The van der Waals surface area contributed by atoms with Gasteiger partial charge in [-0.15, -0.1) is 0 Å². The van der Waals surface area contributed by atoms with E-state index < -0.39 is 5.82 Å². The smallest absolute Gasteiger partial charge is 0.251 e. The number of amides is 1. The number of benzene rings is 2. The fourth-order valence-electron chi connectivity index (χ4n) is 1.79. The summed E-state index contributed by atoms with van der Waals surface area (Å²) in [5, 5.41) is 2.67. The molecule has 20 heavy (non-hydrogen) atoms. The molecule has 5 heteroatoms. The monoisotopic (exact) mass is 339 g/mol. The highest BCUT2D eigenvalue weighted by Crippen LogP contribution is 2.15. The van der Waals surface area contributed by atoms with Gasteiger partial charge in [0, 0.05) is 16.6 Å². The van der Waals surface area contributed by atoms with Crippen LogP contribution >= 0.6 is 15.9 Å². The van der Waals surface area contributed by atoms with E-state index in [0.717, 1.165) is 11.6 Å². The van der Waals surface area contributed by atoms with Crippen molar-refractivity contribution in [1.82, 2.24) is 5.32 Å². The molecule has 0 aliphatic rings. The molecular weight excluding hydrogens is 328 g/mol. The lowest BCUT2D eigenvalue weighted by molar-refractivity contribution is 0.0950. The van der Waals surface area contributed by atoms with Crippen LogP contribution in [0.3, 0.4) is 0 Å². The van der Waals surface area contributed by atoms with E-state index in [0.29, 0.717) is 10.0 Å². The highest BCUT2D eigenvalue weighted by Gasteiger charge is 2.08. The minimum atomic E-state index is -0.484. The van der Waals surface area contributed by atoms with Gasteiger partial charge in [-0.05, 0) is 42.3 Å². The zero-order valence-corrected chi connectivity index (χ0v) is 12.3. The van der Waals surface area contributed by atoms with Gasteiger partial charge < -0.3 is 5.32 Å². The number of aryl methyl sites for hydroxylation is 1. The van der Waals surface area contributed by atoms with Crippen molar-refractivity contribution in [3.05, 3.63) is 69.2 Å². The predicted octanol–water partition coefficient (Wildman–Crippen LogP) is 3.97. The Labute approximate surface area is 123 Å². The Bertz CT molecular complexity index is 638. The van der Waals surface area contributed by atoms with Gasteiger partial charge in [0.05, 0.1) is 0 Å². The molecular formula is C15H12BrF2NO. The minimum absolute atomic E-state index is 0.232. The summed E-state index contributed by atoms with van der Waals surface area (Å²) in [6.45, 7) is 1.92. The molecule has 0 spiro atoms. The van der Waals surface area contributed by atoms with E-state index >= 15 is 0 Å². The zero-order chi connectivity index (χ0) is 14.7. The van der Waals surface area contributed by atoms with E-state index in [9.17, 15) is 13.6 Å². The van der Waals surface area contributed by atoms with Gasteiger partial charge in [-0.2, -0.15) is 0 Å². The van der Waals surface area contributed by atoms with Crippen molar-refractivity contribution >= 4 is 21.8 Å². The quantitative estimate of drug-likeness (QED) is 0.900. The van der Waals surface area contributed by atoms with Gasteiger partial charge in [-0.25, -0.2) is 8.78 Å². The standard InChI is InChI=1S/C15H12BrF2NO/c1-9-4-10(2-3-14(9)18)8-19-15(20)11-5-12(16)7-13(17)6-11/h2-7H,8H2,1H3,(H,19,20). The molecule has 0 heterocycles. The lowest BCUT2D eigenvalue weighted by Gasteiger charge is -2.07. The van der Waals surface area contributed by atoms with Gasteiger partial charge in [-0.3, -0.25) is 4.79 Å². The van der Waals surface area contributed by atoms with Crippen LogP contribution in [0.5, 0.6) is 0 Å². The summed E-state index contributed by atoms with van der Waals surface area (Å²) in [7, 11) is 0. The normalized spacial score (nSPS) is 10.4.